The van der Waals surface area contributed by atoms with Crippen LogP contribution in [0.5, 0.6) is 0 Å². The van der Waals surface area contributed by atoms with Crippen LogP contribution in [0.2, 0.25) is 5.15 Å². The molecule has 2 aromatic heterocycles. The van der Waals surface area contributed by atoms with Gasteiger partial charge in [0.25, 0.3) is 5.91 Å². The third-order valence-electron chi connectivity index (χ3n) is 6.48. The van der Waals surface area contributed by atoms with Crippen LogP contribution < -0.4 is 15.1 Å². The van der Waals surface area contributed by atoms with Crippen molar-refractivity contribution in [2.24, 2.45) is 0 Å². The summed E-state index contributed by atoms with van der Waals surface area (Å²) in [6, 6.07) is 21.7. The number of pyridine rings is 1. The van der Waals surface area contributed by atoms with Gasteiger partial charge in [-0.05, 0) is 53.9 Å². The van der Waals surface area contributed by atoms with Gasteiger partial charge in [0.2, 0.25) is 0 Å². The molecule has 7 nitrogen and oxygen atoms in total. The van der Waals surface area contributed by atoms with Crippen LogP contribution in [0.15, 0.2) is 84.3 Å². The molecule has 1 saturated heterocycles. The van der Waals surface area contributed by atoms with Crippen LogP contribution in [0.3, 0.4) is 0 Å². The fourth-order valence-electron chi connectivity index (χ4n) is 4.44. The zero-order chi connectivity index (χ0) is 26.3. The molecule has 3 heterocycles. The lowest BCUT2D eigenvalue weighted by Gasteiger charge is -2.37. The van der Waals surface area contributed by atoms with E-state index in [4.69, 9.17) is 16.6 Å². The van der Waals surface area contributed by atoms with E-state index in [0.717, 1.165) is 43.1 Å². The first-order valence-electron chi connectivity index (χ1n) is 12.5. The van der Waals surface area contributed by atoms with E-state index in [1.165, 1.54) is 23.0 Å². The fraction of sp³-hybridized carbons (Fsp3) is 0.241. The highest BCUT2D eigenvalue weighted by Gasteiger charge is 2.20. The van der Waals surface area contributed by atoms with E-state index in [2.05, 4.69) is 56.3 Å². The van der Waals surface area contributed by atoms with Gasteiger partial charge < -0.3 is 15.1 Å². The van der Waals surface area contributed by atoms with Crippen molar-refractivity contribution in [3.8, 4) is 0 Å². The number of nitrogens with zero attached hydrogens (tertiary/aromatic N) is 5. The van der Waals surface area contributed by atoms with Gasteiger partial charge in [0.05, 0.1) is 0 Å². The number of benzene rings is 2. The number of aromatic nitrogens is 3. The van der Waals surface area contributed by atoms with Gasteiger partial charge in [0.15, 0.2) is 5.16 Å². The molecular weight excluding hydrogens is 516 g/mol. The third-order valence-corrected chi connectivity index (χ3v) is 7.59. The Morgan fingerprint density at radius 2 is 1.68 bits per heavy atom. The Labute approximate surface area is 232 Å². The highest BCUT2D eigenvalue weighted by Crippen LogP contribution is 2.27. The average Bonchev–Trinajstić information content (AvgIpc) is 2.96. The van der Waals surface area contributed by atoms with Crippen LogP contribution >= 0.6 is 23.4 Å². The van der Waals surface area contributed by atoms with Crippen LogP contribution in [0.25, 0.3) is 0 Å². The minimum absolute atomic E-state index is 0.111. The summed E-state index contributed by atoms with van der Waals surface area (Å²) in [6.45, 7) is 6.18. The number of amides is 1. The van der Waals surface area contributed by atoms with Crippen LogP contribution in [0, 0.1) is 6.92 Å². The van der Waals surface area contributed by atoms with Crippen molar-refractivity contribution in [2.75, 3.05) is 36.0 Å². The highest BCUT2D eigenvalue weighted by atomic mass is 35.5. The third kappa shape index (κ3) is 6.62. The van der Waals surface area contributed by atoms with E-state index in [9.17, 15) is 4.79 Å². The van der Waals surface area contributed by atoms with Gasteiger partial charge in [-0.15, -0.1) is 0 Å². The molecule has 0 spiro atoms. The van der Waals surface area contributed by atoms with Crippen LogP contribution in [-0.4, -0.2) is 47.0 Å². The topological polar surface area (TPSA) is 74.2 Å². The summed E-state index contributed by atoms with van der Waals surface area (Å²) in [5.41, 5.74) is 5.22. The molecule has 0 radical (unpaired) electrons. The quantitative estimate of drug-likeness (QED) is 0.181. The minimum atomic E-state index is -0.111. The molecule has 4 aromatic rings. The molecule has 2 aromatic carbocycles. The first kappa shape index (κ1) is 26.0. The molecule has 0 atom stereocenters. The average molecular weight is 545 g/mol. The van der Waals surface area contributed by atoms with Gasteiger partial charge in [-0.25, -0.2) is 9.97 Å². The number of hydrogen-bond donors (Lipinski definition) is 1. The van der Waals surface area contributed by atoms with Gasteiger partial charge in [-0.1, -0.05) is 53.7 Å². The zero-order valence-corrected chi connectivity index (χ0v) is 22.8. The van der Waals surface area contributed by atoms with Crippen molar-refractivity contribution in [2.45, 2.75) is 24.4 Å². The number of nitrogens with one attached hydrogen (secondary N) is 1. The standard InChI is InChI=1S/C29H29ClN6OS/c1-21-5-2-3-8-25(21)35-13-15-36(16-14-35)27-18-26(30)33-29(34-27)38-20-23-6-4-7-24(17-23)28(37)32-19-22-9-11-31-12-10-22/h2-12,17-18H,13-16,19-20H2,1H3,(H,32,37). The van der Waals surface area contributed by atoms with Crippen molar-refractivity contribution >= 4 is 40.8 Å². The molecular formula is C29H29ClN6OS. The lowest BCUT2D eigenvalue weighted by molar-refractivity contribution is 0.0951. The van der Waals surface area contributed by atoms with E-state index in [1.807, 2.05) is 42.5 Å². The van der Waals surface area contributed by atoms with Gasteiger partial charge >= 0.3 is 0 Å². The normalized spacial score (nSPS) is 13.4. The fourth-order valence-corrected chi connectivity index (χ4v) is 5.47. The Kier molecular flexibility index (Phi) is 8.41. The Morgan fingerprint density at radius 3 is 2.47 bits per heavy atom. The molecule has 38 heavy (non-hydrogen) atoms. The van der Waals surface area contributed by atoms with Gasteiger partial charge in [0.1, 0.15) is 11.0 Å². The molecule has 1 N–H and O–H groups in total. The Hall–Kier alpha value is -3.62. The summed E-state index contributed by atoms with van der Waals surface area (Å²) in [4.78, 5) is 30.6. The van der Waals surface area contributed by atoms with Gasteiger partial charge in [0, 0.05) is 68.2 Å². The SMILES string of the molecule is Cc1ccccc1N1CCN(c2cc(Cl)nc(SCc3cccc(C(=O)NCc4ccncc4)c3)n2)CC1. The summed E-state index contributed by atoms with van der Waals surface area (Å²) in [5, 5.41) is 4.02. The lowest BCUT2D eigenvalue weighted by Crippen LogP contribution is -2.47. The number of carbonyl (C=O) groups is 1. The molecule has 1 amide bonds. The molecule has 0 unspecified atom stereocenters. The second-order valence-electron chi connectivity index (χ2n) is 9.12. The molecule has 0 aliphatic carbocycles. The predicted octanol–water partition coefficient (Wildman–Crippen LogP) is 5.38. The summed E-state index contributed by atoms with van der Waals surface area (Å²) in [7, 11) is 0. The van der Waals surface area contributed by atoms with Crippen molar-refractivity contribution in [1.82, 2.24) is 20.3 Å². The smallest absolute Gasteiger partial charge is 0.251 e. The number of anilines is 2. The number of rotatable bonds is 8. The van der Waals surface area contributed by atoms with Gasteiger partial charge in [-0.3, -0.25) is 9.78 Å². The summed E-state index contributed by atoms with van der Waals surface area (Å²) in [6.07, 6.45) is 3.43. The minimum Gasteiger partial charge on any atom is -0.368 e. The van der Waals surface area contributed by atoms with E-state index in [0.29, 0.717) is 28.2 Å². The first-order chi connectivity index (χ1) is 18.5. The van der Waals surface area contributed by atoms with Crippen LogP contribution in [-0.2, 0) is 12.3 Å². The number of para-hydroxylation sites is 1. The number of thioether (sulfide) groups is 1. The molecule has 1 aliphatic rings. The second kappa shape index (κ2) is 12.3. The molecule has 5 rings (SSSR count). The van der Waals surface area contributed by atoms with Crippen LogP contribution in [0.1, 0.15) is 27.0 Å². The monoisotopic (exact) mass is 544 g/mol. The maximum atomic E-state index is 12.7. The number of carbonyl (C=O) groups excluding carboxylic acids is 1. The Bertz CT molecular complexity index is 1390. The molecule has 9 heteroatoms. The summed E-state index contributed by atoms with van der Waals surface area (Å²) in [5.74, 6) is 1.37. The zero-order valence-electron chi connectivity index (χ0n) is 21.2. The van der Waals surface area contributed by atoms with E-state index >= 15 is 0 Å². The van der Waals surface area contributed by atoms with E-state index in [1.54, 1.807) is 12.4 Å². The van der Waals surface area contributed by atoms with Crippen molar-refractivity contribution in [3.05, 3.63) is 107 Å². The predicted molar refractivity (Wildman–Crippen MR) is 154 cm³/mol. The molecule has 194 valence electrons. The number of halogens is 1. The summed E-state index contributed by atoms with van der Waals surface area (Å²) >= 11 is 7.90. The second-order valence-corrected chi connectivity index (χ2v) is 10.4. The number of aryl methyl sites for hydroxylation is 1. The number of hydrogen-bond acceptors (Lipinski definition) is 7. The Morgan fingerprint density at radius 1 is 0.921 bits per heavy atom. The van der Waals surface area contributed by atoms with Crippen molar-refractivity contribution < 1.29 is 4.79 Å². The lowest BCUT2D eigenvalue weighted by atomic mass is 10.1. The van der Waals surface area contributed by atoms with Crippen molar-refractivity contribution in [3.63, 3.8) is 0 Å². The van der Waals surface area contributed by atoms with Crippen molar-refractivity contribution in [1.29, 1.82) is 0 Å². The largest absolute Gasteiger partial charge is 0.368 e. The van der Waals surface area contributed by atoms with E-state index in [-0.39, 0.29) is 5.91 Å². The highest BCUT2D eigenvalue weighted by molar-refractivity contribution is 7.98. The van der Waals surface area contributed by atoms with Crippen LogP contribution in [0.4, 0.5) is 11.5 Å². The molecule has 1 aliphatic heterocycles. The maximum absolute atomic E-state index is 12.7. The maximum Gasteiger partial charge on any atom is 0.251 e. The Balaban J connectivity index is 1.19. The molecule has 1 fully saturated rings. The number of piperazine rings is 1. The van der Waals surface area contributed by atoms with Gasteiger partial charge in [-0.2, -0.15) is 0 Å². The summed E-state index contributed by atoms with van der Waals surface area (Å²) < 4.78 is 0. The molecule has 0 bridgehead atoms. The molecule has 0 saturated carbocycles. The first-order valence-corrected chi connectivity index (χ1v) is 13.9. The van der Waals surface area contributed by atoms with E-state index < -0.39 is 0 Å².